The molecule has 0 heterocycles. The molecule has 0 spiro atoms. The summed E-state index contributed by atoms with van der Waals surface area (Å²) >= 11 is 0. The lowest BCUT2D eigenvalue weighted by Crippen LogP contribution is -2.37. The molecular formula is C19H25N3O4S. The van der Waals surface area contributed by atoms with Crippen LogP contribution >= 0.6 is 0 Å². The van der Waals surface area contributed by atoms with Crippen molar-refractivity contribution in [1.82, 2.24) is 9.62 Å². The number of carbonyl (C=O) groups is 2. The minimum atomic E-state index is -4.10. The van der Waals surface area contributed by atoms with Gasteiger partial charge in [-0.1, -0.05) is 24.3 Å². The van der Waals surface area contributed by atoms with E-state index < -0.39 is 28.3 Å². The Balaban J connectivity index is 2.33. The number of sulfonamides is 1. The number of hydrogen-bond acceptors (Lipinski definition) is 5. The minimum Gasteiger partial charge on any atom is -0.377 e. The number of amides is 2. The molecule has 2 aromatic carbocycles. The maximum atomic E-state index is 12.8. The van der Waals surface area contributed by atoms with Crippen LogP contribution < -0.4 is 9.62 Å². The summed E-state index contributed by atoms with van der Waals surface area (Å²) in [6.07, 6.45) is -0.505. The first-order valence-corrected chi connectivity index (χ1v) is 10.2. The van der Waals surface area contributed by atoms with Crippen molar-refractivity contribution in [2.75, 3.05) is 32.1 Å². The molecule has 0 aliphatic heterocycles. The lowest BCUT2D eigenvalue weighted by molar-refractivity contribution is -0.135. The molecule has 0 unspecified atom stereocenters. The molecule has 146 valence electrons. The molecule has 0 aliphatic rings. The number of rotatable bonds is 7. The Hall–Kier alpha value is -2.61. The normalized spacial score (nSPS) is 11.3. The largest absolute Gasteiger partial charge is 0.377 e. The van der Waals surface area contributed by atoms with Crippen LogP contribution in [0.25, 0.3) is 10.8 Å². The average molecular weight is 391 g/mol. The maximum Gasteiger partial charge on any atom is 0.264 e. The second-order valence-electron chi connectivity index (χ2n) is 6.29. The Morgan fingerprint density at radius 3 is 2.15 bits per heavy atom. The molecule has 0 saturated carbocycles. The number of carbonyl (C=O) groups excluding carboxylic acids is 2. The van der Waals surface area contributed by atoms with Gasteiger partial charge < -0.3 is 9.80 Å². The molecule has 0 saturated heterocycles. The van der Waals surface area contributed by atoms with Gasteiger partial charge in [0.25, 0.3) is 10.0 Å². The Bertz CT molecular complexity index is 951. The Morgan fingerprint density at radius 1 is 0.963 bits per heavy atom. The Morgan fingerprint density at radius 2 is 1.56 bits per heavy atom. The van der Waals surface area contributed by atoms with Crippen molar-refractivity contribution in [3.8, 4) is 0 Å². The van der Waals surface area contributed by atoms with Gasteiger partial charge in [-0.3, -0.25) is 9.59 Å². The predicted molar refractivity (Wildman–Crippen MR) is 106 cm³/mol. The topological polar surface area (TPSA) is 86.8 Å². The highest BCUT2D eigenvalue weighted by atomic mass is 32.2. The lowest BCUT2D eigenvalue weighted by atomic mass is 10.1. The second-order valence-corrected chi connectivity index (χ2v) is 7.95. The van der Waals surface area contributed by atoms with Crippen molar-refractivity contribution in [3.05, 3.63) is 36.4 Å². The molecule has 0 fully saturated rings. The van der Waals surface area contributed by atoms with E-state index in [9.17, 15) is 18.0 Å². The van der Waals surface area contributed by atoms with E-state index in [0.717, 1.165) is 11.1 Å². The van der Waals surface area contributed by atoms with E-state index >= 15 is 0 Å². The summed E-state index contributed by atoms with van der Waals surface area (Å²) in [4.78, 5) is 27.6. The van der Waals surface area contributed by atoms with Gasteiger partial charge in [-0.2, -0.15) is 0 Å². The molecule has 2 amide bonds. The van der Waals surface area contributed by atoms with E-state index in [2.05, 4.69) is 0 Å². The van der Waals surface area contributed by atoms with Gasteiger partial charge >= 0.3 is 0 Å². The maximum absolute atomic E-state index is 12.8. The summed E-state index contributed by atoms with van der Waals surface area (Å²) in [5.41, 5.74) is 0.868. The molecular weight excluding hydrogens is 366 g/mol. The van der Waals surface area contributed by atoms with Crippen LogP contribution in [-0.4, -0.2) is 52.3 Å². The van der Waals surface area contributed by atoms with E-state index in [0.29, 0.717) is 18.5 Å². The van der Waals surface area contributed by atoms with Crippen LogP contribution in [0, 0.1) is 0 Å². The van der Waals surface area contributed by atoms with Gasteiger partial charge in [-0.25, -0.2) is 13.1 Å². The molecule has 2 rings (SSSR count). The molecule has 0 radical (unpaired) electrons. The van der Waals surface area contributed by atoms with E-state index in [-0.39, 0.29) is 4.90 Å². The standard InChI is InChI=1S/C19H25N3O4S/c1-5-22(6-2)19(24)13-18(23)20-27(25,26)17-12-8-9-14-15(17)10-7-11-16(14)21(3)4/h7-12H,5-6,13H2,1-4H3,(H,20,23). The first kappa shape index (κ1) is 20.7. The molecule has 0 aliphatic carbocycles. The molecule has 0 bridgehead atoms. The number of nitrogens with zero attached hydrogens (tertiary/aromatic N) is 2. The summed E-state index contributed by atoms with van der Waals surface area (Å²) in [5.74, 6) is -1.24. The molecule has 0 aromatic heterocycles. The number of nitrogens with one attached hydrogen (secondary N) is 1. The summed E-state index contributed by atoms with van der Waals surface area (Å²) in [7, 11) is -0.359. The van der Waals surface area contributed by atoms with Crippen LogP contribution in [0.1, 0.15) is 20.3 Å². The highest BCUT2D eigenvalue weighted by Gasteiger charge is 2.23. The zero-order chi connectivity index (χ0) is 20.2. The summed E-state index contributed by atoms with van der Waals surface area (Å²) in [6, 6.07) is 10.3. The van der Waals surface area contributed by atoms with Crippen molar-refractivity contribution < 1.29 is 18.0 Å². The number of anilines is 1. The van der Waals surface area contributed by atoms with Gasteiger partial charge in [0.05, 0.1) is 4.90 Å². The molecule has 1 N–H and O–H groups in total. The number of fused-ring (bicyclic) bond motifs is 1. The third-order valence-corrected chi connectivity index (χ3v) is 5.74. The van der Waals surface area contributed by atoms with Crippen molar-refractivity contribution in [1.29, 1.82) is 0 Å². The zero-order valence-corrected chi connectivity index (χ0v) is 16.8. The van der Waals surface area contributed by atoms with Gasteiger partial charge in [0.1, 0.15) is 6.42 Å². The van der Waals surface area contributed by atoms with Crippen LogP contribution in [0.3, 0.4) is 0 Å². The van der Waals surface area contributed by atoms with Gasteiger partial charge in [-0.05, 0) is 26.0 Å². The van der Waals surface area contributed by atoms with Crippen LogP contribution in [0.4, 0.5) is 5.69 Å². The fourth-order valence-corrected chi connectivity index (χ4v) is 4.16. The van der Waals surface area contributed by atoms with Crippen molar-refractivity contribution in [2.24, 2.45) is 0 Å². The van der Waals surface area contributed by atoms with Crippen LogP contribution in [0.2, 0.25) is 0 Å². The molecule has 2 aromatic rings. The van der Waals surface area contributed by atoms with E-state index in [4.69, 9.17) is 0 Å². The van der Waals surface area contributed by atoms with Gasteiger partial charge in [0, 0.05) is 43.6 Å². The zero-order valence-electron chi connectivity index (χ0n) is 16.0. The fourth-order valence-electron chi connectivity index (χ4n) is 2.96. The smallest absolute Gasteiger partial charge is 0.264 e. The molecule has 0 atom stereocenters. The van der Waals surface area contributed by atoms with E-state index in [1.54, 1.807) is 32.0 Å². The first-order chi connectivity index (χ1) is 12.7. The van der Waals surface area contributed by atoms with E-state index in [1.807, 2.05) is 35.9 Å². The van der Waals surface area contributed by atoms with Gasteiger partial charge in [-0.15, -0.1) is 0 Å². The number of benzene rings is 2. The molecule has 7 nitrogen and oxygen atoms in total. The summed E-state index contributed by atoms with van der Waals surface area (Å²) < 4.78 is 27.5. The van der Waals surface area contributed by atoms with Crippen LogP contribution in [0.5, 0.6) is 0 Å². The van der Waals surface area contributed by atoms with E-state index in [1.165, 1.54) is 11.0 Å². The predicted octanol–water partition coefficient (Wildman–Crippen LogP) is 1.97. The van der Waals surface area contributed by atoms with Crippen molar-refractivity contribution >= 4 is 38.3 Å². The molecule has 27 heavy (non-hydrogen) atoms. The van der Waals surface area contributed by atoms with Gasteiger partial charge in [0.2, 0.25) is 11.8 Å². The molecule has 8 heteroatoms. The Labute approximate surface area is 160 Å². The fraction of sp³-hybridized carbons (Fsp3) is 0.368. The minimum absolute atomic E-state index is 0.00679. The average Bonchev–Trinajstić information content (AvgIpc) is 2.60. The third-order valence-electron chi connectivity index (χ3n) is 4.31. The van der Waals surface area contributed by atoms with Gasteiger partial charge in [0.15, 0.2) is 0 Å². The quantitative estimate of drug-likeness (QED) is 0.729. The third kappa shape index (κ3) is 4.57. The SMILES string of the molecule is CCN(CC)C(=O)CC(=O)NS(=O)(=O)c1cccc2c(N(C)C)cccc12. The van der Waals surface area contributed by atoms with Crippen LogP contribution in [-0.2, 0) is 19.6 Å². The highest BCUT2D eigenvalue weighted by Crippen LogP contribution is 2.30. The number of hydrogen-bond donors (Lipinski definition) is 1. The van der Waals surface area contributed by atoms with Crippen molar-refractivity contribution in [3.63, 3.8) is 0 Å². The first-order valence-electron chi connectivity index (χ1n) is 8.73. The van der Waals surface area contributed by atoms with Crippen LogP contribution in [0.15, 0.2) is 41.3 Å². The lowest BCUT2D eigenvalue weighted by Gasteiger charge is -2.18. The van der Waals surface area contributed by atoms with Crippen molar-refractivity contribution in [2.45, 2.75) is 25.2 Å². The highest BCUT2D eigenvalue weighted by molar-refractivity contribution is 7.90. The summed E-state index contributed by atoms with van der Waals surface area (Å²) in [6.45, 7) is 4.53. The summed E-state index contributed by atoms with van der Waals surface area (Å²) in [5, 5.41) is 1.27. The second kappa shape index (κ2) is 8.39. The monoisotopic (exact) mass is 391 g/mol. The Kier molecular flexibility index (Phi) is 6.43.